The van der Waals surface area contributed by atoms with Gasteiger partial charge in [0.1, 0.15) is 0 Å². The highest BCUT2D eigenvalue weighted by atomic mass is 16.5. The van der Waals surface area contributed by atoms with Crippen LogP contribution in [0.4, 0.5) is 0 Å². The van der Waals surface area contributed by atoms with E-state index in [4.69, 9.17) is 4.74 Å². The van der Waals surface area contributed by atoms with Crippen LogP contribution in [0.25, 0.3) is 0 Å². The van der Waals surface area contributed by atoms with Crippen molar-refractivity contribution >= 4 is 0 Å². The van der Waals surface area contributed by atoms with Gasteiger partial charge in [0.05, 0.1) is 0 Å². The Labute approximate surface area is 173 Å². The molecule has 0 aromatic heterocycles. The Balaban J connectivity index is 2.95. The molecule has 0 aliphatic heterocycles. The fourth-order valence-corrected chi connectivity index (χ4v) is 3.84. The molecule has 1 nitrogen and oxygen atoms in total. The van der Waals surface area contributed by atoms with Gasteiger partial charge in [-0.05, 0) is 12.8 Å². The normalized spacial score (nSPS) is 11.3. The van der Waals surface area contributed by atoms with Crippen LogP contribution in [0.5, 0.6) is 0 Å². The smallest absolute Gasteiger partial charge is 0.0466 e. The zero-order valence-electron chi connectivity index (χ0n) is 19.4. The molecule has 0 aliphatic rings. The molecule has 0 atom stereocenters. The summed E-state index contributed by atoms with van der Waals surface area (Å²) in [5.41, 5.74) is 0. The number of ether oxygens (including phenoxy) is 1. The number of rotatable bonds is 24. The molecule has 0 amide bonds. The molecule has 0 fully saturated rings. The van der Waals surface area contributed by atoms with E-state index in [9.17, 15) is 0 Å². The van der Waals surface area contributed by atoms with Crippen molar-refractivity contribution in [1.82, 2.24) is 0 Å². The van der Waals surface area contributed by atoms with Gasteiger partial charge >= 0.3 is 0 Å². The van der Waals surface area contributed by atoms with Crippen molar-refractivity contribution in [3.63, 3.8) is 0 Å². The molecule has 0 rings (SSSR count). The van der Waals surface area contributed by atoms with E-state index >= 15 is 0 Å². The fraction of sp³-hybridized carbons (Fsp3) is 1.00. The third-order valence-corrected chi connectivity index (χ3v) is 5.78. The lowest BCUT2D eigenvalue weighted by atomic mass is 10.1. The molecule has 0 aliphatic carbocycles. The average Bonchev–Trinajstić information content (AvgIpc) is 2.68. The van der Waals surface area contributed by atoms with E-state index in [1.807, 2.05) is 0 Å². The van der Waals surface area contributed by atoms with E-state index in [2.05, 4.69) is 13.8 Å². The van der Waals surface area contributed by atoms with Crippen LogP contribution < -0.4 is 0 Å². The van der Waals surface area contributed by atoms with Crippen LogP contribution in [0.1, 0.15) is 155 Å². The number of hydrogen-bond donors (Lipinski definition) is 0. The Kier molecular flexibility index (Phi) is 25.9. The van der Waals surface area contributed by atoms with Gasteiger partial charge in [0.2, 0.25) is 0 Å². The molecule has 164 valence electrons. The van der Waals surface area contributed by atoms with E-state index < -0.39 is 0 Å². The summed E-state index contributed by atoms with van der Waals surface area (Å²) in [5.74, 6) is 0. The highest BCUT2D eigenvalue weighted by Gasteiger charge is 1.95. The van der Waals surface area contributed by atoms with E-state index in [1.54, 1.807) is 0 Å². The molecule has 0 aromatic carbocycles. The van der Waals surface area contributed by atoms with Crippen molar-refractivity contribution in [1.29, 1.82) is 0 Å². The van der Waals surface area contributed by atoms with Gasteiger partial charge in [0.15, 0.2) is 0 Å². The molecular weight excluding hydrogens is 328 g/mol. The predicted molar refractivity (Wildman–Crippen MR) is 124 cm³/mol. The monoisotopic (exact) mass is 382 g/mol. The lowest BCUT2D eigenvalue weighted by Gasteiger charge is -2.05. The first-order chi connectivity index (χ1) is 13.4. The molecule has 0 radical (unpaired) electrons. The SMILES string of the molecule is CCCCCCCCCCCCCOCCCCCCCCCCCCC. The molecule has 0 heterocycles. The first-order valence-electron chi connectivity index (χ1n) is 13.0. The highest BCUT2D eigenvalue weighted by Crippen LogP contribution is 2.12. The Hall–Kier alpha value is -0.0400. The lowest BCUT2D eigenvalue weighted by Crippen LogP contribution is -1.97. The van der Waals surface area contributed by atoms with Crippen molar-refractivity contribution in [2.24, 2.45) is 0 Å². The summed E-state index contributed by atoms with van der Waals surface area (Å²) >= 11 is 0. The Morgan fingerprint density at radius 1 is 0.296 bits per heavy atom. The number of hydrogen-bond acceptors (Lipinski definition) is 1. The minimum Gasteiger partial charge on any atom is -0.381 e. The molecule has 27 heavy (non-hydrogen) atoms. The van der Waals surface area contributed by atoms with Crippen LogP contribution in [-0.2, 0) is 4.74 Å². The first kappa shape index (κ1) is 27.0. The summed E-state index contributed by atoms with van der Waals surface area (Å²) in [6, 6.07) is 0. The third-order valence-electron chi connectivity index (χ3n) is 5.78. The highest BCUT2D eigenvalue weighted by molar-refractivity contribution is 4.49. The molecule has 0 saturated carbocycles. The minimum absolute atomic E-state index is 0.995. The maximum Gasteiger partial charge on any atom is 0.0466 e. The van der Waals surface area contributed by atoms with Crippen LogP contribution >= 0.6 is 0 Å². The summed E-state index contributed by atoms with van der Waals surface area (Å²) in [4.78, 5) is 0. The van der Waals surface area contributed by atoms with Gasteiger partial charge in [-0.15, -0.1) is 0 Å². The first-order valence-corrected chi connectivity index (χ1v) is 13.0. The largest absolute Gasteiger partial charge is 0.381 e. The van der Waals surface area contributed by atoms with Crippen LogP contribution in [0.15, 0.2) is 0 Å². The van der Waals surface area contributed by atoms with Gasteiger partial charge in [-0.25, -0.2) is 0 Å². The maximum absolute atomic E-state index is 5.80. The Morgan fingerprint density at radius 2 is 0.519 bits per heavy atom. The van der Waals surface area contributed by atoms with Crippen molar-refractivity contribution < 1.29 is 4.74 Å². The Bertz CT molecular complexity index is 214. The van der Waals surface area contributed by atoms with Crippen LogP contribution in [0.3, 0.4) is 0 Å². The van der Waals surface area contributed by atoms with Crippen molar-refractivity contribution in [3.8, 4) is 0 Å². The zero-order valence-corrected chi connectivity index (χ0v) is 19.4. The predicted octanol–water partition coefficient (Wildman–Crippen LogP) is 9.62. The molecule has 0 spiro atoms. The maximum atomic E-state index is 5.80. The topological polar surface area (TPSA) is 9.23 Å². The minimum atomic E-state index is 0.995. The average molecular weight is 383 g/mol. The second-order valence-electron chi connectivity index (χ2n) is 8.68. The quantitative estimate of drug-likeness (QED) is 0.151. The van der Waals surface area contributed by atoms with Crippen molar-refractivity contribution in [2.45, 2.75) is 155 Å². The second kappa shape index (κ2) is 26.0. The van der Waals surface area contributed by atoms with Gasteiger partial charge in [-0.2, -0.15) is 0 Å². The fourth-order valence-electron chi connectivity index (χ4n) is 3.84. The summed E-state index contributed by atoms with van der Waals surface area (Å²) in [6.07, 6.45) is 31.1. The Morgan fingerprint density at radius 3 is 0.778 bits per heavy atom. The third kappa shape index (κ3) is 26.0. The van der Waals surface area contributed by atoms with Gasteiger partial charge in [-0.3, -0.25) is 0 Å². The molecule has 0 saturated heterocycles. The van der Waals surface area contributed by atoms with Crippen LogP contribution in [-0.4, -0.2) is 13.2 Å². The van der Waals surface area contributed by atoms with E-state index in [1.165, 1.54) is 141 Å². The molecule has 0 unspecified atom stereocenters. The molecular formula is C26H54O. The standard InChI is InChI=1S/C26H54O/c1-3-5-7-9-11-13-15-17-19-21-23-25-27-26-24-22-20-18-16-14-12-10-8-6-4-2/h3-26H2,1-2H3. The van der Waals surface area contributed by atoms with Gasteiger partial charge in [0.25, 0.3) is 0 Å². The summed E-state index contributed by atoms with van der Waals surface area (Å²) < 4.78 is 5.80. The summed E-state index contributed by atoms with van der Waals surface area (Å²) in [6.45, 7) is 6.58. The molecule has 1 heteroatoms. The molecule has 0 aromatic rings. The summed E-state index contributed by atoms with van der Waals surface area (Å²) in [5, 5.41) is 0. The second-order valence-corrected chi connectivity index (χ2v) is 8.68. The van der Waals surface area contributed by atoms with Crippen LogP contribution in [0.2, 0.25) is 0 Å². The lowest BCUT2D eigenvalue weighted by molar-refractivity contribution is 0.125. The van der Waals surface area contributed by atoms with E-state index in [0.717, 1.165) is 13.2 Å². The van der Waals surface area contributed by atoms with E-state index in [-0.39, 0.29) is 0 Å². The van der Waals surface area contributed by atoms with Gasteiger partial charge < -0.3 is 4.74 Å². The van der Waals surface area contributed by atoms with Gasteiger partial charge in [0, 0.05) is 13.2 Å². The van der Waals surface area contributed by atoms with Gasteiger partial charge in [-0.1, -0.05) is 142 Å². The molecule has 0 bridgehead atoms. The zero-order chi connectivity index (χ0) is 19.7. The number of unbranched alkanes of at least 4 members (excludes halogenated alkanes) is 20. The van der Waals surface area contributed by atoms with Crippen molar-refractivity contribution in [3.05, 3.63) is 0 Å². The van der Waals surface area contributed by atoms with Crippen molar-refractivity contribution in [2.75, 3.05) is 13.2 Å². The molecule has 0 N–H and O–H groups in total. The summed E-state index contributed by atoms with van der Waals surface area (Å²) in [7, 11) is 0. The van der Waals surface area contributed by atoms with E-state index in [0.29, 0.717) is 0 Å². The van der Waals surface area contributed by atoms with Crippen LogP contribution in [0, 0.1) is 0 Å².